The van der Waals surface area contributed by atoms with Gasteiger partial charge in [0.05, 0.1) is 24.4 Å². The van der Waals surface area contributed by atoms with Crippen molar-refractivity contribution in [1.29, 1.82) is 0 Å². The van der Waals surface area contributed by atoms with Gasteiger partial charge in [-0.05, 0) is 54.5 Å². The summed E-state index contributed by atoms with van der Waals surface area (Å²) in [6, 6.07) is 9.62. The number of methoxy groups -OCH3 is 1. The summed E-state index contributed by atoms with van der Waals surface area (Å²) >= 11 is 0. The molecule has 0 unspecified atom stereocenters. The number of nitrogens with zero attached hydrogens (tertiary/aromatic N) is 4. The third kappa shape index (κ3) is 4.08. The van der Waals surface area contributed by atoms with Gasteiger partial charge in [0.1, 0.15) is 5.75 Å². The predicted octanol–water partition coefficient (Wildman–Crippen LogP) is 5.22. The summed E-state index contributed by atoms with van der Waals surface area (Å²) in [5, 5.41) is 16.5. The molecule has 2 heterocycles. The molecule has 2 N–H and O–H groups in total. The highest BCUT2D eigenvalue weighted by Crippen LogP contribution is 2.47. The third-order valence-corrected chi connectivity index (χ3v) is 6.01. The number of fused-ring (bicyclic) bond motifs is 1. The van der Waals surface area contributed by atoms with Crippen LogP contribution in [-0.2, 0) is 7.05 Å². The summed E-state index contributed by atoms with van der Waals surface area (Å²) in [7, 11) is 3.44. The van der Waals surface area contributed by atoms with Crippen molar-refractivity contribution >= 4 is 28.3 Å². The van der Waals surface area contributed by atoms with Gasteiger partial charge in [0.2, 0.25) is 5.95 Å². The highest BCUT2D eigenvalue weighted by Gasteiger charge is 2.29. The minimum absolute atomic E-state index is 0.0759. The second-order valence-corrected chi connectivity index (χ2v) is 9.08. The lowest BCUT2D eigenvalue weighted by atomic mass is 9.99. The minimum atomic E-state index is 0.0759. The monoisotopic (exact) mass is 444 g/mol. The van der Waals surface area contributed by atoms with Gasteiger partial charge < -0.3 is 10.1 Å². The minimum Gasteiger partial charge on any atom is -0.496 e. The molecule has 0 amide bonds. The first-order valence-electron chi connectivity index (χ1n) is 11.3. The summed E-state index contributed by atoms with van der Waals surface area (Å²) in [6.45, 7) is 4.06. The molecule has 4 aromatic rings. The number of rotatable bonds is 8. The molecule has 2 aromatic heterocycles. The maximum atomic E-state index is 12.6. The van der Waals surface area contributed by atoms with Crippen LogP contribution >= 0.6 is 0 Å². The molecule has 0 saturated heterocycles. The molecule has 0 atom stereocenters. The highest BCUT2D eigenvalue weighted by atomic mass is 16.5. The Hall–Kier alpha value is -3.68. The van der Waals surface area contributed by atoms with Crippen molar-refractivity contribution in [2.45, 2.75) is 39.0 Å². The summed E-state index contributed by atoms with van der Waals surface area (Å²) in [6.07, 6.45) is 4.75. The Morgan fingerprint density at radius 3 is 2.82 bits per heavy atom. The van der Waals surface area contributed by atoms with Crippen molar-refractivity contribution in [3.63, 3.8) is 0 Å². The molecule has 0 bridgehead atoms. The van der Waals surface area contributed by atoms with E-state index in [1.54, 1.807) is 17.9 Å². The fourth-order valence-corrected chi connectivity index (χ4v) is 4.24. The molecule has 170 valence electrons. The number of aromatic amines is 1. The van der Waals surface area contributed by atoms with E-state index in [2.05, 4.69) is 26.7 Å². The normalized spacial score (nSPS) is 13.6. The smallest absolute Gasteiger partial charge is 0.225 e. The Morgan fingerprint density at radius 2 is 2.09 bits per heavy atom. The lowest BCUT2D eigenvalue weighted by molar-refractivity contribution is 0.0965. The van der Waals surface area contributed by atoms with Crippen LogP contribution in [0.25, 0.3) is 22.3 Å². The number of aryl methyl sites for hydroxylation is 1. The highest BCUT2D eigenvalue weighted by molar-refractivity contribution is 5.99. The number of carbonyl (C=O) groups excluding carboxylic acids is 1. The molecular weight excluding hydrogens is 416 g/mol. The van der Waals surface area contributed by atoms with Crippen molar-refractivity contribution < 1.29 is 9.53 Å². The van der Waals surface area contributed by atoms with E-state index in [0.29, 0.717) is 35.4 Å². The van der Waals surface area contributed by atoms with Gasteiger partial charge in [-0.3, -0.25) is 9.89 Å². The molecule has 1 aliphatic carbocycles. The lowest BCUT2D eigenvalue weighted by Crippen LogP contribution is -2.06. The molecule has 1 fully saturated rings. The SMILES string of the molecule is COc1cc(-c2nc(Nc3ccc4[nH]ncc4c3C3CC3)n(C)n2)ccc1C(=O)CC(C)C. The van der Waals surface area contributed by atoms with E-state index in [1.807, 2.05) is 45.3 Å². The van der Waals surface area contributed by atoms with Crippen molar-refractivity contribution in [2.24, 2.45) is 13.0 Å². The van der Waals surface area contributed by atoms with E-state index < -0.39 is 0 Å². The van der Waals surface area contributed by atoms with Crippen LogP contribution < -0.4 is 10.1 Å². The second-order valence-electron chi connectivity index (χ2n) is 9.08. The van der Waals surface area contributed by atoms with Crippen LogP contribution in [0.4, 0.5) is 11.6 Å². The van der Waals surface area contributed by atoms with Crippen molar-refractivity contribution in [2.75, 3.05) is 12.4 Å². The van der Waals surface area contributed by atoms with E-state index >= 15 is 0 Å². The Labute approximate surface area is 192 Å². The van der Waals surface area contributed by atoms with Gasteiger partial charge >= 0.3 is 0 Å². The topological polar surface area (TPSA) is 97.7 Å². The lowest BCUT2D eigenvalue weighted by Gasteiger charge is -2.11. The van der Waals surface area contributed by atoms with Crippen LogP contribution in [0, 0.1) is 5.92 Å². The number of hydrogen-bond acceptors (Lipinski definition) is 6. The summed E-state index contributed by atoms with van der Waals surface area (Å²) in [5.41, 5.74) is 4.73. The van der Waals surface area contributed by atoms with Gasteiger partial charge in [0.25, 0.3) is 0 Å². The molecule has 8 heteroatoms. The van der Waals surface area contributed by atoms with Gasteiger partial charge in [0.15, 0.2) is 11.6 Å². The van der Waals surface area contributed by atoms with Gasteiger partial charge in [0, 0.05) is 30.1 Å². The average molecular weight is 445 g/mol. The van der Waals surface area contributed by atoms with E-state index in [1.165, 1.54) is 18.4 Å². The number of ether oxygens (including phenoxy) is 1. The van der Waals surface area contributed by atoms with Crippen LogP contribution in [0.15, 0.2) is 36.5 Å². The maximum Gasteiger partial charge on any atom is 0.225 e. The van der Waals surface area contributed by atoms with E-state index in [-0.39, 0.29) is 11.7 Å². The molecule has 2 aromatic carbocycles. The molecular formula is C25H28N6O2. The zero-order valence-electron chi connectivity index (χ0n) is 19.3. The number of Topliss-reactive ketones (excluding diaryl/α,β-unsaturated/α-hetero) is 1. The first-order chi connectivity index (χ1) is 15.9. The van der Waals surface area contributed by atoms with Crippen LogP contribution in [0.2, 0.25) is 0 Å². The van der Waals surface area contributed by atoms with Gasteiger partial charge in [-0.2, -0.15) is 10.1 Å². The number of H-pyrrole nitrogens is 1. The van der Waals surface area contributed by atoms with E-state index in [4.69, 9.17) is 9.72 Å². The maximum absolute atomic E-state index is 12.6. The Morgan fingerprint density at radius 1 is 1.27 bits per heavy atom. The van der Waals surface area contributed by atoms with Crippen molar-refractivity contribution in [1.82, 2.24) is 25.0 Å². The average Bonchev–Trinajstić information content (AvgIpc) is 3.40. The third-order valence-electron chi connectivity index (χ3n) is 6.01. The number of anilines is 2. The molecule has 0 spiro atoms. The molecule has 0 radical (unpaired) electrons. The fraction of sp³-hybridized carbons (Fsp3) is 0.360. The number of nitrogens with one attached hydrogen (secondary N) is 2. The standard InChI is InChI=1S/C25H28N6O2/c1-14(2)11-21(32)17-8-7-16(12-22(17)33-4)24-28-25(31(3)30-24)27-20-10-9-19-18(13-26-29-19)23(20)15-5-6-15/h7-10,12-15H,5-6,11H2,1-4H3,(H,26,29)(H,27,28,30). The molecule has 5 rings (SSSR count). The van der Waals surface area contributed by atoms with Crippen molar-refractivity contribution in [3.8, 4) is 17.1 Å². The molecule has 0 aliphatic heterocycles. The van der Waals surface area contributed by atoms with Gasteiger partial charge in [-0.25, -0.2) is 4.68 Å². The van der Waals surface area contributed by atoms with E-state index in [9.17, 15) is 4.79 Å². The first-order valence-corrected chi connectivity index (χ1v) is 11.3. The molecule has 8 nitrogen and oxygen atoms in total. The number of ketones is 1. The van der Waals surface area contributed by atoms with Gasteiger partial charge in [-0.15, -0.1) is 5.10 Å². The number of benzene rings is 2. The predicted molar refractivity (Wildman–Crippen MR) is 128 cm³/mol. The summed E-state index contributed by atoms with van der Waals surface area (Å²) in [4.78, 5) is 17.3. The summed E-state index contributed by atoms with van der Waals surface area (Å²) < 4.78 is 7.25. The number of hydrogen-bond donors (Lipinski definition) is 2. The van der Waals surface area contributed by atoms with Crippen LogP contribution in [0.5, 0.6) is 5.75 Å². The Kier molecular flexibility index (Phi) is 5.36. The van der Waals surface area contributed by atoms with Crippen molar-refractivity contribution in [3.05, 3.63) is 47.7 Å². The van der Waals surface area contributed by atoms with E-state index in [0.717, 1.165) is 22.2 Å². The van der Waals surface area contributed by atoms with Crippen LogP contribution in [0.1, 0.15) is 54.9 Å². The number of carbonyl (C=O) groups is 1. The summed E-state index contributed by atoms with van der Waals surface area (Å²) in [5.74, 6) is 2.66. The van der Waals surface area contributed by atoms with Gasteiger partial charge in [-0.1, -0.05) is 19.9 Å². The zero-order valence-corrected chi connectivity index (χ0v) is 19.3. The largest absolute Gasteiger partial charge is 0.496 e. The number of aromatic nitrogens is 5. The quantitative estimate of drug-likeness (QED) is 0.362. The zero-order chi connectivity index (χ0) is 23.1. The van der Waals surface area contributed by atoms with Crippen LogP contribution in [-0.4, -0.2) is 37.9 Å². The Balaban J connectivity index is 1.46. The molecule has 33 heavy (non-hydrogen) atoms. The molecule has 1 aliphatic rings. The van der Waals surface area contributed by atoms with Crippen LogP contribution in [0.3, 0.4) is 0 Å². The molecule has 1 saturated carbocycles. The fourth-order valence-electron chi connectivity index (χ4n) is 4.24. The first kappa shape index (κ1) is 21.2. The second kappa shape index (κ2) is 8.35. The Bertz CT molecular complexity index is 1330.